The number of carbonyl (C=O) groups is 1. The summed E-state index contributed by atoms with van der Waals surface area (Å²) in [6, 6.07) is 11.2. The lowest BCUT2D eigenvalue weighted by atomic mass is 10.1. The molecule has 0 saturated carbocycles. The van der Waals surface area contributed by atoms with Crippen LogP contribution >= 0.6 is 11.3 Å². The van der Waals surface area contributed by atoms with Crippen LogP contribution in [0.15, 0.2) is 54.9 Å². The second-order valence-corrected chi connectivity index (χ2v) is 9.23. The molecule has 0 unspecified atom stereocenters. The molecule has 194 valence electrons. The zero-order valence-corrected chi connectivity index (χ0v) is 20.6. The molecule has 3 heterocycles. The summed E-state index contributed by atoms with van der Waals surface area (Å²) in [7, 11) is 0. The summed E-state index contributed by atoms with van der Waals surface area (Å²) in [6.45, 7) is 2.10. The predicted octanol–water partition coefficient (Wildman–Crippen LogP) is 6.44. The Balaban J connectivity index is 1.47. The van der Waals surface area contributed by atoms with Crippen molar-refractivity contribution < 1.29 is 31.8 Å². The maximum Gasteiger partial charge on any atom is 0.422 e. The molecule has 3 aromatic heterocycles. The van der Waals surface area contributed by atoms with Crippen molar-refractivity contribution in [3.63, 3.8) is 0 Å². The van der Waals surface area contributed by atoms with E-state index >= 15 is 0 Å². The van der Waals surface area contributed by atoms with Crippen molar-refractivity contribution in [3.8, 4) is 22.1 Å². The molecule has 0 aliphatic rings. The van der Waals surface area contributed by atoms with Crippen LogP contribution < -0.4 is 10.1 Å². The van der Waals surface area contributed by atoms with E-state index in [1.807, 2.05) is 24.4 Å². The number of nitrogens with one attached hydrogen (secondary N) is 1. The number of hydrogen-bond acceptors (Lipinski definition) is 7. The van der Waals surface area contributed by atoms with E-state index in [-0.39, 0.29) is 11.3 Å². The van der Waals surface area contributed by atoms with Crippen LogP contribution in [0.4, 0.5) is 17.6 Å². The number of pyridine rings is 2. The molecule has 0 saturated heterocycles. The van der Waals surface area contributed by atoms with Crippen LogP contribution in [0.3, 0.4) is 0 Å². The number of ether oxygens (including phenoxy) is 2. The monoisotopic (exact) mass is 533 g/mol. The average molecular weight is 534 g/mol. The molecule has 0 spiro atoms. The van der Waals surface area contributed by atoms with Crippen LogP contribution in [0, 0.1) is 5.82 Å². The van der Waals surface area contributed by atoms with Gasteiger partial charge in [0.25, 0.3) is 0 Å². The molecule has 0 atom stereocenters. The van der Waals surface area contributed by atoms with Crippen molar-refractivity contribution in [2.45, 2.75) is 32.5 Å². The molecule has 37 heavy (non-hydrogen) atoms. The molecule has 1 aromatic carbocycles. The van der Waals surface area contributed by atoms with Gasteiger partial charge in [0.2, 0.25) is 0 Å². The van der Waals surface area contributed by atoms with Crippen LogP contribution in [0.5, 0.6) is 11.5 Å². The Morgan fingerprint density at radius 2 is 1.86 bits per heavy atom. The van der Waals surface area contributed by atoms with E-state index in [4.69, 9.17) is 4.74 Å². The van der Waals surface area contributed by atoms with Gasteiger partial charge in [-0.25, -0.2) is 4.39 Å². The van der Waals surface area contributed by atoms with Gasteiger partial charge in [0.15, 0.2) is 18.2 Å². The summed E-state index contributed by atoms with van der Waals surface area (Å²) in [5.41, 5.74) is 2.68. The van der Waals surface area contributed by atoms with E-state index < -0.39 is 31.0 Å². The molecule has 0 bridgehead atoms. The van der Waals surface area contributed by atoms with Gasteiger partial charge in [-0.15, -0.1) is 11.3 Å². The number of carbonyl (C=O) groups excluding carboxylic acids is 1. The lowest BCUT2D eigenvalue weighted by molar-refractivity contribution is -0.185. The molecule has 4 rings (SSSR count). The van der Waals surface area contributed by atoms with Gasteiger partial charge >= 0.3 is 12.1 Å². The van der Waals surface area contributed by atoms with Crippen LogP contribution in [-0.2, 0) is 22.5 Å². The SMILES string of the molecule is CCCNCc1ccc(-c2cc3nccc(Oc4ccc(CC(=O)OCC(F)(F)F)cc4F)c3s2)nc1. The Kier molecular flexibility index (Phi) is 8.34. The predicted molar refractivity (Wildman–Crippen MR) is 132 cm³/mol. The first-order valence-electron chi connectivity index (χ1n) is 11.4. The van der Waals surface area contributed by atoms with Crippen molar-refractivity contribution in [2.24, 2.45) is 0 Å². The molecule has 0 radical (unpaired) electrons. The number of thiophene rings is 1. The van der Waals surface area contributed by atoms with Crippen LogP contribution in [0.25, 0.3) is 20.8 Å². The number of benzene rings is 1. The first-order valence-corrected chi connectivity index (χ1v) is 12.3. The number of esters is 1. The molecule has 0 amide bonds. The molecule has 1 N–H and O–H groups in total. The average Bonchev–Trinajstić information content (AvgIpc) is 3.30. The normalized spacial score (nSPS) is 11.6. The number of aromatic nitrogens is 2. The summed E-state index contributed by atoms with van der Waals surface area (Å²) in [5, 5.41) is 3.33. The van der Waals surface area contributed by atoms with E-state index in [1.165, 1.54) is 23.5 Å². The van der Waals surface area contributed by atoms with Crippen LogP contribution in [0.2, 0.25) is 0 Å². The molecule has 11 heteroatoms. The number of alkyl halides is 3. The maximum absolute atomic E-state index is 14.7. The quantitative estimate of drug-likeness (QED) is 0.144. The summed E-state index contributed by atoms with van der Waals surface area (Å²) < 4.78 is 61.9. The third kappa shape index (κ3) is 7.23. The molecular weight excluding hydrogens is 510 g/mol. The van der Waals surface area contributed by atoms with Crippen molar-refractivity contribution in [3.05, 3.63) is 71.8 Å². The fourth-order valence-electron chi connectivity index (χ4n) is 3.44. The van der Waals surface area contributed by atoms with Gasteiger partial charge in [-0.2, -0.15) is 13.2 Å². The van der Waals surface area contributed by atoms with Crippen molar-refractivity contribution in [1.82, 2.24) is 15.3 Å². The van der Waals surface area contributed by atoms with E-state index in [0.717, 1.165) is 41.7 Å². The minimum absolute atomic E-state index is 0.100. The van der Waals surface area contributed by atoms with Crippen LogP contribution in [-0.4, -0.2) is 35.3 Å². The number of nitrogens with zero attached hydrogens (tertiary/aromatic N) is 2. The zero-order chi connectivity index (χ0) is 26.4. The van der Waals surface area contributed by atoms with Gasteiger partial charge < -0.3 is 14.8 Å². The fraction of sp³-hybridized carbons (Fsp3) is 0.269. The highest BCUT2D eigenvalue weighted by molar-refractivity contribution is 7.22. The molecular formula is C26H23F4N3O3S. The minimum Gasteiger partial charge on any atom is -0.456 e. The van der Waals surface area contributed by atoms with Gasteiger partial charge in [-0.3, -0.25) is 14.8 Å². The summed E-state index contributed by atoms with van der Waals surface area (Å²) >= 11 is 1.41. The van der Waals surface area contributed by atoms with E-state index in [9.17, 15) is 22.4 Å². The van der Waals surface area contributed by atoms with E-state index in [1.54, 1.807) is 12.3 Å². The smallest absolute Gasteiger partial charge is 0.422 e. The van der Waals surface area contributed by atoms with E-state index in [0.29, 0.717) is 16.0 Å². The van der Waals surface area contributed by atoms with Crippen molar-refractivity contribution in [2.75, 3.05) is 13.2 Å². The molecule has 6 nitrogen and oxygen atoms in total. The summed E-state index contributed by atoms with van der Waals surface area (Å²) in [6.07, 6.45) is -0.697. The topological polar surface area (TPSA) is 73.3 Å². The largest absolute Gasteiger partial charge is 0.456 e. The van der Waals surface area contributed by atoms with Crippen molar-refractivity contribution >= 4 is 27.5 Å². The van der Waals surface area contributed by atoms with Crippen molar-refractivity contribution in [1.29, 1.82) is 0 Å². The fourth-order valence-corrected chi connectivity index (χ4v) is 4.48. The molecule has 0 aliphatic heterocycles. The van der Waals surface area contributed by atoms with Gasteiger partial charge in [0.05, 0.1) is 27.2 Å². The summed E-state index contributed by atoms with van der Waals surface area (Å²) in [4.78, 5) is 21.4. The highest BCUT2D eigenvalue weighted by atomic mass is 32.1. The standard InChI is InChI=1S/C26H23F4N3O3S/c1-2-8-31-13-17-3-5-19(33-14-17)23-12-20-25(37-23)22(7-9-32-20)36-21-6-4-16(10-18(21)27)11-24(34)35-15-26(28,29)30/h3-7,9-10,12,14,31H,2,8,11,13,15H2,1H3. The highest BCUT2D eigenvalue weighted by Gasteiger charge is 2.29. The Morgan fingerprint density at radius 3 is 2.57 bits per heavy atom. The molecule has 0 aliphatic carbocycles. The first-order chi connectivity index (χ1) is 17.7. The minimum atomic E-state index is -4.62. The number of halogens is 4. The Hall–Kier alpha value is -3.57. The second kappa shape index (κ2) is 11.7. The maximum atomic E-state index is 14.7. The second-order valence-electron chi connectivity index (χ2n) is 8.18. The zero-order valence-electron chi connectivity index (χ0n) is 19.8. The summed E-state index contributed by atoms with van der Waals surface area (Å²) in [5.74, 6) is -1.59. The first kappa shape index (κ1) is 26.5. The third-order valence-electron chi connectivity index (χ3n) is 5.17. The third-order valence-corrected chi connectivity index (χ3v) is 6.33. The van der Waals surface area contributed by atoms with Crippen LogP contribution in [0.1, 0.15) is 24.5 Å². The number of fused-ring (bicyclic) bond motifs is 1. The molecule has 0 fully saturated rings. The van der Waals surface area contributed by atoms with Gasteiger partial charge in [-0.05, 0) is 48.4 Å². The van der Waals surface area contributed by atoms with Gasteiger partial charge in [0, 0.05) is 25.0 Å². The number of rotatable bonds is 10. The molecule has 4 aromatic rings. The van der Waals surface area contributed by atoms with E-state index in [2.05, 4.69) is 26.9 Å². The highest BCUT2D eigenvalue weighted by Crippen LogP contribution is 2.39. The lowest BCUT2D eigenvalue weighted by Crippen LogP contribution is -2.21. The Labute approximate surface area is 214 Å². The van der Waals surface area contributed by atoms with Gasteiger partial charge in [0.1, 0.15) is 5.75 Å². The Morgan fingerprint density at radius 1 is 1.05 bits per heavy atom. The Bertz CT molecular complexity index is 1370. The lowest BCUT2D eigenvalue weighted by Gasteiger charge is -2.10. The number of hydrogen-bond donors (Lipinski definition) is 1. The van der Waals surface area contributed by atoms with Gasteiger partial charge in [-0.1, -0.05) is 19.1 Å².